The average Bonchev–Trinajstić information content (AvgIpc) is 3.05. The summed E-state index contributed by atoms with van der Waals surface area (Å²) in [5.74, 6) is 0.779. The molecule has 1 aromatic carbocycles. The summed E-state index contributed by atoms with van der Waals surface area (Å²) in [4.78, 5) is 0. The zero-order valence-electron chi connectivity index (χ0n) is 11.6. The van der Waals surface area contributed by atoms with Crippen molar-refractivity contribution in [1.82, 2.24) is 20.2 Å². The Morgan fingerprint density at radius 2 is 2.25 bits per heavy atom. The van der Waals surface area contributed by atoms with Gasteiger partial charge in [-0.1, -0.05) is 12.1 Å². The number of nitrogens with two attached hydrogens (primary N) is 1. The topological polar surface area (TPSA) is 78.8 Å². The fraction of sp³-hybridized carbons (Fsp3) is 0.500. The van der Waals surface area contributed by atoms with Gasteiger partial charge in [-0.15, -0.1) is 5.10 Å². The SMILES string of the molecule is COCCC1(Cn2nnnc2-c2cccc(N)c2)CC1. The van der Waals surface area contributed by atoms with E-state index in [1.807, 2.05) is 28.9 Å². The molecule has 0 saturated heterocycles. The quantitative estimate of drug-likeness (QED) is 0.811. The first kappa shape index (κ1) is 13.1. The number of tetrazole rings is 1. The number of aromatic nitrogens is 4. The predicted molar refractivity (Wildman–Crippen MR) is 75.8 cm³/mol. The first-order valence-corrected chi connectivity index (χ1v) is 6.83. The van der Waals surface area contributed by atoms with Gasteiger partial charge in [-0.25, -0.2) is 4.68 Å². The van der Waals surface area contributed by atoms with Crippen molar-refractivity contribution in [1.29, 1.82) is 0 Å². The van der Waals surface area contributed by atoms with Crippen LogP contribution in [0.2, 0.25) is 0 Å². The summed E-state index contributed by atoms with van der Waals surface area (Å²) in [5, 5.41) is 12.1. The summed E-state index contributed by atoms with van der Waals surface area (Å²) >= 11 is 0. The van der Waals surface area contributed by atoms with E-state index in [2.05, 4.69) is 15.5 Å². The lowest BCUT2D eigenvalue weighted by atomic mass is 10.0. The predicted octanol–water partition coefficient (Wildman–Crippen LogP) is 1.74. The first-order valence-electron chi connectivity index (χ1n) is 6.83. The van der Waals surface area contributed by atoms with E-state index < -0.39 is 0 Å². The van der Waals surface area contributed by atoms with Crippen molar-refractivity contribution in [3.63, 3.8) is 0 Å². The number of nitrogens with zero attached hydrogens (tertiary/aromatic N) is 4. The highest BCUT2D eigenvalue weighted by molar-refractivity contribution is 5.60. The molecule has 0 bridgehead atoms. The molecule has 0 unspecified atom stereocenters. The largest absolute Gasteiger partial charge is 0.399 e. The Bertz CT molecular complexity index is 591. The maximum absolute atomic E-state index is 5.83. The number of nitrogen functional groups attached to an aromatic ring is 1. The molecule has 6 nitrogen and oxygen atoms in total. The summed E-state index contributed by atoms with van der Waals surface area (Å²) in [6, 6.07) is 7.66. The molecule has 20 heavy (non-hydrogen) atoms. The number of rotatable bonds is 6. The molecular weight excluding hydrogens is 254 g/mol. The van der Waals surface area contributed by atoms with Crippen LogP contribution in [0, 0.1) is 5.41 Å². The smallest absolute Gasteiger partial charge is 0.182 e. The minimum atomic E-state index is 0.306. The zero-order valence-corrected chi connectivity index (χ0v) is 11.6. The Labute approximate surface area is 117 Å². The molecule has 3 rings (SSSR count). The molecular formula is C14H19N5O. The third kappa shape index (κ3) is 2.65. The van der Waals surface area contributed by atoms with Gasteiger partial charge < -0.3 is 10.5 Å². The van der Waals surface area contributed by atoms with Gasteiger partial charge in [-0.05, 0) is 47.2 Å². The second kappa shape index (κ2) is 5.20. The Hall–Kier alpha value is -1.95. The fourth-order valence-corrected chi connectivity index (χ4v) is 2.50. The minimum Gasteiger partial charge on any atom is -0.399 e. The van der Waals surface area contributed by atoms with Gasteiger partial charge in [0.25, 0.3) is 0 Å². The van der Waals surface area contributed by atoms with E-state index in [0.717, 1.165) is 36.6 Å². The van der Waals surface area contributed by atoms with Crippen LogP contribution in [0.15, 0.2) is 24.3 Å². The van der Waals surface area contributed by atoms with E-state index in [1.165, 1.54) is 12.8 Å². The van der Waals surface area contributed by atoms with Crippen LogP contribution in [0.25, 0.3) is 11.4 Å². The zero-order chi connectivity index (χ0) is 14.0. The second-order valence-electron chi connectivity index (χ2n) is 5.53. The van der Waals surface area contributed by atoms with Crippen molar-refractivity contribution in [3.8, 4) is 11.4 Å². The van der Waals surface area contributed by atoms with Crippen molar-refractivity contribution >= 4 is 5.69 Å². The van der Waals surface area contributed by atoms with Crippen molar-refractivity contribution in [2.24, 2.45) is 5.41 Å². The van der Waals surface area contributed by atoms with E-state index in [4.69, 9.17) is 10.5 Å². The molecule has 1 aliphatic rings. The van der Waals surface area contributed by atoms with E-state index in [1.54, 1.807) is 7.11 Å². The fourth-order valence-electron chi connectivity index (χ4n) is 2.50. The van der Waals surface area contributed by atoms with E-state index in [-0.39, 0.29) is 0 Å². The van der Waals surface area contributed by atoms with Crippen molar-refractivity contribution < 1.29 is 4.74 Å². The maximum atomic E-state index is 5.83. The normalized spacial score (nSPS) is 16.2. The molecule has 0 atom stereocenters. The number of methoxy groups -OCH3 is 1. The molecule has 106 valence electrons. The maximum Gasteiger partial charge on any atom is 0.182 e. The number of hydrogen-bond acceptors (Lipinski definition) is 5. The molecule has 1 aromatic heterocycles. The summed E-state index contributed by atoms with van der Waals surface area (Å²) in [7, 11) is 1.74. The first-order chi connectivity index (χ1) is 9.72. The molecule has 1 saturated carbocycles. The number of benzene rings is 1. The van der Waals surface area contributed by atoms with Crippen LogP contribution in [0.4, 0.5) is 5.69 Å². The third-order valence-electron chi connectivity index (χ3n) is 3.96. The van der Waals surface area contributed by atoms with Crippen molar-refractivity contribution in [2.45, 2.75) is 25.8 Å². The van der Waals surface area contributed by atoms with Gasteiger partial charge in [0.2, 0.25) is 0 Å². The summed E-state index contributed by atoms with van der Waals surface area (Å²) in [5.41, 5.74) is 7.81. The van der Waals surface area contributed by atoms with Crippen LogP contribution in [-0.2, 0) is 11.3 Å². The van der Waals surface area contributed by atoms with E-state index in [9.17, 15) is 0 Å². The molecule has 6 heteroatoms. The highest BCUT2D eigenvalue weighted by atomic mass is 16.5. The highest BCUT2D eigenvalue weighted by Crippen LogP contribution is 2.50. The van der Waals surface area contributed by atoms with Gasteiger partial charge in [-0.3, -0.25) is 0 Å². The van der Waals surface area contributed by atoms with Gasteiger partial charge >= 0.3 is 0 Å². The van der Waals surface area contributed by atoms with Crippen LogP contribution < -0.4 is 5.73 Å². The molecule has 0 aliphatic heterocycles. The Balaban J connectivity index is 1.81. The van der Waals surface area contributed by atoms with Gasteiger partial charge in [-0.2, -0.15) is 0 Å². The lowest BCUT2D eigenvalue weighted by Crippen LogP contribution is -2.16. The minimum absolute atomic E-state index is 0.306. The second-order valence-corrected chi connectivity index (χ2v) is 5.53. The molecule has 0 radical (unpaired) electrons. The summed E-state index contributed by atoms with van der Waals surface area (Å²) in [6.07, 6.45) is 3.49. The van der Waals surface area contributed by atoms with E-state index in [0.29, 0.717) is 5.41 Å². The van der Waals surface area contributed by atoms with Crippen LogP contribution >= 0.6 is 0 Å². The standard InChI is InChI=1S/C14H19N5O/c1-20-8-7-14(5-6-14)10-19-13(16-17-18-19)11-3-2-4-12(15)9-11/h2-4,9H,5-8,10,15H2,1H3. The van der Waals surface area contributed by atoms with Crippen molar-refractivity contribution in [2.75, 3.05) is 19.5 Å². The van der Waals surface area contributed by atoms with Crippen molar-refractivity contribution in [3.05, 3.63) is 24.3 Å². The number of ether oxygens (including phenoxy) is 1. The molecule has 1 heterocycles. The Kier molecular flexibility index (Phi) is 3.40. The Morgan fingerprint density at radius 3 is 2.95 bits per heavy atom. The summed E-state index contributed by atoms with van der Waals surface area (Å²) < 4.78 is 7.08. The van der Waals surface area contributed by atoms with Crippen LogP contribution in [0.3, 0.4) is 0 Å². The van der Waals surface area contributed by atoms with Gasteiger partial charge in [0.1, 0.15) is 0 Å². The average molecular weight is 273 g/mol. The van der Waals surface area contributed by atoms with Gasteiger partial charge in [0.05, 0.1) is 6.54 Å². The molecule has 1 fully saturated rings. The third-order valence-corrected chi connectivity index (χ3v) is 3.96. The van der Waals surface area contributed by atoms with Gasteiger partial charge in [0, 0.05) is 25.0 Å². The highest BCUT2D eigenvalue weighted by Gasteiger charge is 2.43. The van der Waals surface area contributed by atoms with Gasteiger partial charge in [0.15, 0.2) is 5.82 Å². The van der Waals surface area contributed by atoms with Crippen LogP contribution in [0.5, 0.6) is 0 Å². The van der Waals surface area contributed by atoms with Crippen LogP contribution in [0.1, 0.15) is 19.3 Å². The molecule has 1 aliphatic carbocycles. The Morgan fingerprint density at radius 1 is 1.40 bits per heavy atom. The van der Waals surface area contributed by atoms with E-state index >= 15 is 0 Å². The monoisotopic (exact) mass is 273 g/mol. The number of anilines is 1. The van der Waals surface area contributed by atoms with Crippen LogP contribution in [-0.4, -0.2) is 33.9 Å². The summed E-state index contributed by atoms with van der Waals surface area (Å²) in [6.45, 7) is 1.63. The molecule has 2 aromatic rings. The molecule has 2 N–H and O–H groups in total. The number of hydrogen-bond donors (Lipinski definition) is 1. The lowest BCUT2D eigenvalue weighted by Gasteiger charge is -2.15. The molecule has 0 spiro atoms. The molecule has 0 amide bonds. The lowest BCUT2D eigenvalue weighted by molar-refractivity contribution is 0.165.